The zero-order valence-corrected chi connectivity index (χ0v) is 14.2. The number of halogens is 1. The zero-order valence-electron chi connectivity index (χ0n) is 14.2. The summed E-state index contributed by atoms with van der Waals surface area (Å²) in [5.74, 6) is -0.365. The van der Waals surface area contributed by atoms with Gasteiger partial charge in [0.1, 0.15) is 11.6 Å². The number of carbonyl (C=O) groups excluding carboxylic acids is 1. The van der Waals surface area contributed by atoms with Crippen molar-refractivity contribution in [2.45, 2.75) is 33.7 Å². The van der Waals surface area contributed by atoms with Crippen LogP contribution in [0.3, 0.4) is 0 Å². The molecule has 0 saturated heterocycles. The van der Waals surface area contributed by atoms with Crippen molar-refractivity contribution in [3.05, 3.63) is 58.9 Å². The van der Waals surface area contributed by atoms with Gasteiger partial charge in [-0.25, -0.2) is 4.39 Å². The Bertz CT molecular complexity index is 725. The molecule has 2 aromatic carbocycles. The van der Waals surface area contributed by atoms with Crippen LogP contribution < -0.4 is 9.64 Å². The Morgan fingerprint density at radius 3 is 2.43 bits per heavy atom. The molecule has 122 valence electrons. The maximum Gasteiger partial charge on any atom is 0.262 e. The van der Waals surface area contributed by atoms with Crippen molar-refractivity contribution >= 4 is 11.6 Å². The largest absolute Gasteiger partial charge is 0.496 e. The van der Waals surface area contributed by atoms with E-state index in [1.807, 2.05) is 45.9 Å². The van der Waals surface area contributed by atoms with Crippen LogP contribution in [0.5, 0.6) is 5.75 Å². The number of methoxy groups -OCH3 is 1. The number of hydrogen-bond donors (Lipinski definition) is 0. The molecule has 0 aliphatic heterocycles. The van der Waals surface area contributed by atoms with E-state index >= 15 is 0 Å². The third-order valence-corrected chi connectivity index (χ3v) is 3.75. The number of carbonyl (C=O) groups is 1. The molecule has 0 aliphatic rings. The van der Waals surface area contributed by atoms with Crippen LogP contribution >= 0.6 is 0 Å². The fourth-order valence-electron chi connectivity index (χ4n) is 2.58. The standard InChI is InChI=1S/C19H22FNO2/c1-12(2)21(17-10-13(3)6-7-14(17)4)19(22)16-11-15(20)8-9-18(16)23-5/h6-12H,1-5H3. The lowest BCUT2D eigenvalue weighted by atomic mass is 10.1. The summed E-state index contributed by atoms with van der Waals surface area (Å²) < 4.78 is 18.9. The van der Waals surface area contributed by atoms with E-state index in [1.165, 1.54) is 25.3 Å². The monoisotopic (exact) mass is 315 g/mol. The smallest absolute Gasteiger partial charge is 0.262 e. The van der Waals surface area contributed by atoms with Gasteiger partial charge in [0.05, 0.1) is 12.7 Å². The van der Waals surface area contributed by atoms with Gasteiger partial charge in [-0.3, -0.25) is 4.79 Å². The van der Waals surface area contributed by atoms with E-state index in [9.17, 15) is 9.18 Å². The van der Waals surface area contributed by atoms with Gasteiger partial charge in [0.15, 0.2) is 0 Å². The van der Waals surface area contributed by atoms with Crippen LogP contribution in [-0.2, 0) is 0 Å². The highest BCUT2D eigenvalue weighted by atomic mass is 19.1. The molecule has 3 nitrogen and oxygen atoms in total. The maximum atomic E-state index is 13.6. The van der Waals surface area contributed by atoms with Gasteiger partial charge in [0.25, 0.3) is 5.91 Å². The second-order valence-electron chi connectivity index (χ2n) is 5.90. The maximum absolute atomic E-state index is 13.6. The highest BCUT2D eigenvalue weighted by Gasteiger charge is 2.25. The lowest BCUT2D eigenvalue weighted by Crippen LogP contribution is -2.37. The Labute approximate surface area is 136 Å². The summed E-state index contributed by atoms with van der Waals surface area (Å²) in [6, 6.07) is 9.87. The number of benzene rings is 2. The summed E-state index contributed by atoms with van der Waals surface area (Å²) in [6.07, 6.45) is 0. The fraction of sp³-hybridized carbons (Fsp3) is 0.316. The topological polar surface area (TPSA) is 29.5 Å². The number of rotatable bonds is 4. The Balaban J connectivity index is 2.56. The van der Waals surface area contributed by atoms with E-state index in [0.717, 1.165) is 16.8 Å². The SMILES string of the molecule is COc1ccc(F)cc1C(=O)N(c1cc(C)ccc1C)C(C)C. The van der Waals surface area contributed by atoms with Crippen LogP contribution in [-0.4, -0.2) is 19.1 Å². The zero-order chi connectivity index (χ0) is 17.1. The molecule has 1 amide bonds. The second kappa shape index (κ2) is 6.82. The second-order valence-corrected chi connectivity index (χ2v) is 5.90. The van der Waals surface area contributed by atoms with E-state index in [-0.39, 0.29) is 17.5 Å². The average Bonchev–Trinajstić information content (AvgIpc) is 2.50. The van der Waals surface area contributed by atoms with Crippen molar-refractivity contribution in [2.75, 3.05) is 12.0 Å². The Morgan fingerprint density at radius 1 is 1.13 bits per heavy atom. The quantitative estimate of drug-likeness (QED) is 0.831. The van der Waals surface area contributed by atoms with Gasteiger partial charge in [0.2, 0.25) is 0 Å². The van der Waals surface area contributed by atoms with Gasteiger partial charge in [0, 0.05) is 11.7 Å². The van der Waals surface area contributed by atoms with Crippen LogP contribution in [0.25, 0.3) is 0 Å². The molecule has 2 rings (SSSR count). The van der Waals surface area contributed by atoms with Crippen molar-refractivity contribution in [2.24, 2.45) is 0 Å². The lowest BCUT2D eigenvalue weighted by Gasteiger charge is -2.29. The number of hydrogen-bond acceptors (Lipinski definition) is 2. The van der Waals surface area contributed by atoms with Crippen LogP contribution in [0.4, 0.5) is 10.1 Å². The summed E-state index contributed by atoms with van der Waals surface area (Å²) >= 11 is 0. The highest BCUT2D eigenvalue weighted by molar-refractivity contribution is 6.08. The molecule has 0 spiro atoms. The Hall–Kier alpha value is -2.36. The summed E-state index contributed by atoms with van der Waals surface area (Å²) in [5, 5.41) is 0. The van der Waals surface area contributed by atoms with E-state index in [1.54, 1.807) is 4.90 Å². The molecule has 4 heteroatoms. The molecular formula is C19H22FNO2. The summed E-state index contributed by atoms with van der Waals surface area (Å²) in [5.41, 5.74) is 3.11. The molecule has 0 bridgehead atoms. The number of anilines is 1. The molecule has 0 radical (unpaired) electrons. The van der Waals surface area contributed by atoms with Gasteiger partial charge in [-0.2, -0.15) is 0 Å². The molecule has 0 heterocycles. The predicted molar refractivity (Wildman–Crippen MR) is 90.8 cm³/mol. The molecule has 0 aliphatic carbocycles. The molecule has 0 unspecified atom stereocenters. The highest BCUT2D eigenvalue weighted by Crippen LogP contribution is 2.28. The van der Waals surface area contributed by atoms with E-state index in [2.05, 4.69) is 0 Å². The third-order valence-electron chi connectivity index (χ3n) is 3.75. The number of amides is 1. The van der Waals surface area contributed by atoms with Crippen LogP contribution in [0.2, 0.25) is 0 Å². The molecule has 0 N–H and O–H groups in total. The van der Waals surface area contributed by atoms with Crippen LogP contribution in [0.1, 0.15) is 35.3 Å². The summed E-state index contributed by atoms with van der Waals surface area (Å²) in [4.78, 5) is 14.7. The minimum Gasteiger partial charge on any atom is -0.496 e. The number of aryl methyl sites for hydroxylation is 2. The van der Waals surface area contributed by atoms with Crippen molar-refractivity contribution in [3.63, 3.8) is 0 Å². The molecule has 2 aromatic rings. The lowest BCUT2D eigenvalue weighted by molar-refractivity contribution is 0.0976. The normalized spacial score (nSPS) is 10.7. The van der Waals surface area contributed by atoms with Crippen molar-refractivity contribution in [1.82, 2.24) is 0 Å². The molecule has 0 aromatic heterocycles. The van der Waals surface area contributed by atoms with Crippen molar-refractivity contribution in [3.8, 4) is 5.75 Å². The first-order valence-electron chi connectivity index (χ1n) is 7.59. The molecular weight excluding hydrogens is 293 g/mol. The molecule has 23 heavy (non-hydrogen) atoms. The Kier molecular flexibility index (Phi) is 5.04. The molecule has 0 saturated carbocycles. The minimum absolute atomic E-state index is 0.0732. The minimum atomic E-state index is -0.459. The van der Waals surface area contributed by atoms with E-state index in [4.69, 9.17) is 4.74 Å². The number of nitrogens with zero attached hydrogens (tertiary/aromatic N) is 1. The van der Waals surface area contributed by atoms with Crippen LogP contribution in [0.15, 0.2) is 36.4 Å². The first kappa shape index (κ1) is 17.0. The van der Waals surface area contributed by atoms with E-state index < -0.39 is 5.82 Å². The third kappa shape index (κ3) is 3.52. The van der Waals surface area contributed by atoms with Crippen molar-refractivity contribution in [1.29, 1.82) is 0 Å². The van der Waals surface area contributed by atoms with Crippen LogP contribution in [0, 0.1) is 19.7 Å². The van der Waals surface area contributed by atoms with Crippen molar-refractivity contribution < 1.29 is 13.9 Å². The van der Waals surface area contributed by atoms with Gasteiger partial charge in [-0.15, -0.1) is 0 Å². The summed E-state index contributed by atoms with van der Waals surface area (Å²) in [6.45, 7) is 7.81. The average molecular weight is 315 g/mol. The first-order chi connectivity index (χ1) is 10.8. The van der Waals surface area contributed by atoms with Gasteiger partial charge in [-0.05, 0) is 63.1 Å². The molecule has 0 fully saturated rings. The predicted octanol–water partition coefficient (Wildman–Crippen LogP) is 4.51. The number of ether oxygens (including phenoxy) is 1. The van der Waals surface area contributed by atoms with Gasteiger partial charge < -0.3 is 9.64 Å². The Morgan fingerprint density at radius 2 is 1.83 bits per heavy atom. The van der Waals surface area contributed by atoms with E-state index in [0.29, 0.717) is 5.75 Å². The summed E-state index contributed by atoms with van der Waals surface area (Å²) in [7, 11) is 1.47. The fourth-order valence-corrected chi connectivity index (χ4v) is 2.58. The first-order valence-corrected chi connectivity index (χ1v) is 7.59. The van der Waals surface area contributed by atoms with Gasteiger partial charge in [-0.1, -0.05) is 12.1 Å². The van der Waals surface area contributed by atoms with Gasteiger partial charge >= 0.3 is 0 Å². The molecule has 0 atom stereocenters.